The van der Waals surface area contributed by atoms with Crippen LogP contribution in [0.15, 0.2) is 29.2 Å². The normalized spacial score (nSPS) is 30.5. The molecule has 3 atom stereocenters. The van der Waals surface area contributed by atoms with Crippen molar-refractivity contribution in [3.8, 4) is 0 Å². The second-order valence-electron chi connectivity index (χ2n) is 5.93. The lowest BCUT2D eigenvalue weighted by Crippen LogP contribution is -2.22. The lowest BCUT2D eigenvalue weighted by Gasteiger charge is -2.20. The zero-order valence-electron chi connectivity index (χ0n) is 11.2. The first-order valence-corrected chi connectivity index (χ1v) is 8.45. The van der Waals surface area contributed by atoms with Crippen LogP contribution in [-0.2, 0) is 14.3 Å². The van der Waals surface area contributed by atoms with Crippen molar-refractivity contribution in [1.82, 2.24) is 0 Å². The molecule has 0 N–H and O–H groups in total. The minimum atomic E-state index is -3.60. The minimum absolute atomic E-state index is 0.0983. The molecular weight excluding hydrogens is 260 g/mol. The van der Waals surface area contributed by atoms with E-state index in [4.69, 9.17) is 4.18 Å². The maximum Gasteiger partial charge on any atom is 0.297 e. The van der Waals surface area contributed by atoms with Gasteiger partial charge in [-0.3, -0.25) is 4.18 Å². The van der Waals surface area contributed by atoms with E-state index in [1.165, 1.54) is 12.8 Å². The molecule has 2 unspecified atom stereocenters. The molecule has 0 spiro atoms. The summed E-state index contributed by atoms with van der Waals surface area (Å²) in [4.78, 5) is 0.277. The van der Waals surface area contributed by atoms with Crippen LogP contribution in [0.5, 0.6) is 0 Å². The van der Waals surface area contributed by atoms with Crippen molar-refractivity contribution in [3.63, 3.8) is 0 Å². The van der Waals surface area contributed by atoms with Crippen molar-refractivity contribution in [3.05, 3.63) is 29.8 Å². The highest BCUT2D eigenvalue weighted by Crippen LogP contribution is 2.44. The summed E-state index contributed by atoms with van der Waals surface area (Å²) >= 11 is 0. The minimum Gasteiger partial charge on any atom is -0.263 e. The van der Waals surface area contributed by atoms with Crippen LogP contribution in [-0.4, -0.2) is 14.5 Å². The summed E-state index contributed by atoms with van der Waals surface area (Å²) in [6, 6.07) is 6.88. The Morgan fingerprint density at radius 2 is 1.84 bits per heavy atom. The van der Waals surface area contributed by atoms with Crippen molar-refractivity contribution in [2.45, 2.75) is 50.0 Å². The first-order valence-electron chi connectivity index (χ1n) is 7.04. The highest BCUT2D eigenvalue weighted by molar-refractivity contribution is 7.86. The molecule has 104 valence electrons. The molecule has 0 amide bonds. The molecule has 0 radical (unpaired) electrons. The standard InChI is InChI=1S/C15H20O3S/c1-11-5-7-14(8-6-11)19(16,17)18-15-10-12-3-2-4-13(15)9-12/h5-8,12-13,15H,2-4,9-10H2,1H3/t12?,13?,15-/m0/s1. The third kappa shape index (κ3) is 2.70. The predicted octanol–water partition coefficient (Wildman–Crippen LogP) is 3.28. The summed E-state index contributed by atoms with van der Waals surface area (Å²) < 4.78 is 30.0. The Labute approximate surface area is 115 Å². The molecule has 2 saturated carbocycles. The number of benzene rings is 1. The van der Waals surface area contributed by atoms with E-state index in [1.54, 1.807) is 12.1 Å². The van der Waals surface area contributed by atoms with E-state index in [0.29, 0.717) is 11.8 Å². The summed E-state index contributed by atoms with van der Waals surface area (Å²) in [6.45, 7) is 1.94. The maximum atomic E-state index is 12.3. The Kier molecular flexibility index (Phi) is 3.39. The first-order chi connectivity index (χ1) is 9.04. The van der Waals surface area contributed by atoms with E-state index >= 15 is 0 Å². The fourth-order valence-corrected chi connectivity index (χ4v) is 4.59. The van der Waals surface area contributed by atoms with Gasteiger partial charge in [0.15, 0.2) is 0 Å². The number of aryl methyl sites for hydroxylation is 1. The fourth-order valence-electron chi connectivity index (χ4n) is 3.45. The third-order valence-corrected chi connectivity index (χ3v) is 5.82. The summed E-state index contributed by atoms with van der Waals surface area (Å²) in [5.41, 5.74) is 1.05. The van der Waals surface area contributed by atoms with Gasteiger partial charge in [-0.1, -0.05) is 30.5 Å². The van der Waals surface area contributed by atoms with Gasteiger partial charge in [0, 0.05) is 0 Å². The average molecular weight is 280 g/mol. The van der Waals surface area contributed by atoms with E-state index in [1.807, 2.05) is 19.1 Å². The van der Waals surface area contributed by atoms with E-state index in [2.05, 4.69) is 0 Å². The van der Waals surface area contributed by atoms with Gasteiger partial charge in [0.05, 0.1) is 11.0 Å². The molecule has 19 heavy (non-hydrogen) atoms. The fraction of sp³-hybridized carbons (Fsp3) is 0.600. The van der Waals surface area contributed by atoms with Gasteiger partial charge in [-0.25, -0.2) is 0 Å². The van der Waals surface area contributed by atoms with Crippen molar-refractivity contribution in [1.29, 1.82) is 0 Å². The Hall–Kier alpha value is -0.870. The van der Waals surface area contributed by atoms with Crippen molar-refractivity contribution in [2.24, 2.45) is 11.8 Å². The largest absolute Gasteiger partial charge is 0.297 e. The molecule has 4 heteroatoms. The summed E-state index contributed by atoms with van der Waals surface area (Å²) in [5, 5.41) is 0. The molecule has 0 aliphatic heterocycles. The highest BCUT2D eigenvalue weighted by Gasteiger charge is 2.40. The number of hydrogen-bond donors (Lipinski definition) is 0. The van der Waals surface area contributed by atoms with Crippen LogP contribution in [0.1, 0.15) is 37.7 Å². The molecule has 2 aliphatic rings. The Balaban J connectivity index is 1.77. The lowest BCUT2D eigenvalue weighted by atomic mass is 9.89. The monoisotopic (exact) mass is 280 g/mol. The summed E-state index contributed by atoms with van der Waals surface area (Å²) in [5.74, 6) is 1.12. The van der Waals surface area contributed by atoms with E-state index < -0.39 is 10.1 Å². The molecule has 0 heterocycles. The molecule has 2 aliphatic carbocycles. The molecule has 1 aromatic rings. The van der Waals surface area contributed by atoms with Gasteiger partial charge in [0.25, 0.3) is 10.1 Å². The van der Waals surface area contributed by atoms with E-state index in [0.717, 1.165) is 24.8 Å². The Bertz CT molecular complexity index is 547. The van der Waals surface area contributed by atoms with Gasteiger partial charge in [-0.2, -0.15) is 8.42 Å². The Morgan fingerprint density at radius 1 is 1.11 bits per heavy atom. The molecule has 3 rings (SSSR count). The van der Waals surface area contributed by atoms with Crippen LogP contribution >= 0.6 is 0 Å². The average Bonchev–Trinajstić information content (AvgIpc) is 2.64. The highest BCUT2D eigenvalue weighted by atomic mass is 32.2. The summed E-state index contributed by atoms with van der Waals surface area (Å²) in [6.07, 6.45) is 5.54. The van der Waals surface area contributed by atoms with Crippen LogP contribution in [0.2, 0.25) is 0 Å². The molecular formula is C15H20O3S. The smallest absolute Gasteiger partial charge is 0.263 e. The van der Waals surface area contributed by atoms with Crippen LogP contribution in [0.25, 0.3) is 0 Å². The molecule has 0 aromatic heterocycles. The van der Waals surface area contributed by atoms with Gasteiger partial charge in [-0.15, -0.1) is 0 Å². The first kappa shape index (κ1) is 13.1. The van der Waals surface area contributed by atoms with Gasteiger partial charge < -0.3 is 0 Å². The SMILES string of the molecule is Cc1ccc(S(=O)(=O)O[C@H]2CC3CCCC2C3)cc1. The van der Waals surface area contributed by atoms with Crippen LogP contribution < -0.4 is 0 Å². The zero-order valence-corrected chi connectivity index (χ0v) is 12.0. The maximum absolute atomic E-state index is 12.3. The van der Waals surface area contributed by atoms with Crippen molar-refractivity contribution >= 4 is 10.1 Å². The summed E-state index contributed by atoms with van der Waals surface area (Å²) in [7, 11) is -3.60. The van der Waals surface area contributed by atoms with Gasteiger partial charge in [-0.05, 0) is 50.2 Å². The van der Waals surface area contributed by atoms with Gasteiger partial charge in [0.2, 0.25) is 0 Å². The van der Waals surface area contributed by atoms with Crippen LogP contribution in [0.4, 0.5) is 0 Å². The molecule has 1 aromatic carbocycles. The van der Waals surface area contributed by atoms with Gasteiger partial charge in [0.1, 0.15) is 0 Å². The van der Waals surface area contributed by atoms with Crippen molar-refractivity contribution < 1.29 is 12.6 Å². The quantitative estimate of drug-likeness (QED) is 0.798. The Morgan fingerprint density at radius 3 is 2.53 bits per heavy atom. The molecule has 2 fully saturated rings. The zero-order chi connectivity index (χ0) is 13.5. The number of fused-ring (bicyclic) bond motifs is 2. The van der Waals surface area contributed by atoms with E-state index in [-0.39, 0.29) is 11.0 Å². The predicted molar refractivity (Wildman–Crippen MR) is 73.3 cm³/mol. The third-order valence-electron chi connectivity index (χ3n) is 4.47. The second-order valence-corrected chi connectivity index (χ2v) is 7.50. The van der Waals surface area contributed by atoms with Crippen LogP contribution in [0.3, 0.4) is 0 Å². The molecule has 3 nitrogen and oxygen atoms in total. The second kappa shape index (κ2) is 4.91. The van der Waals surface area contributed by atoms with Crippen molar-refractivity contribution in [2.75, 3.05) is 0 Å². The van der Waals surface area contributed by atoms with E-state index in [9.17, 15) is 8.42 Å². The molecule has 2 bridgehead atoms. The molecule has 0 saturated heterocycles. The topological polar surface area (TPSA) is 43.4 Å². The lowest BCUT2D eigenvalue weighted by molar-refractivity contribution is 0.162. The van der Waals surface area contributed by atoms with Crippen LogP contribution in [0, 0.1) is 18.8 Å². The van der Waals surface area contributed by atoms with Gasteiger partial charge >= 0.3 is 0 Å². The number of hydrogen-bond acceptors (Lipinski definition) is 3. The number of rotatable bonds is 3.